The van der Waals surface area contributed by atoms with Crippen molar-refractivity contribution in [3.8, 4) is 0 Å². The number of rotatable bonds is 5. The van der Waals surface area contributed by atoms with Crippen molar-refractivity contribution < 1.29 is 9.59 Å². The van der Waals surface area contributed by atoms with E-state index in [-0.39, 0.29) is 24.2 Å². The van der Waals surface area contributed by atoms with Gasteiger partial charge in [0.05, 0.1) is 6.54 Å². The van der Waals surface area contributed by atoms with E-state index in [4.69, 9.17) is 0 Å². The normalized spacial score (nSPS) is 12.2. The van der Waals surface area contributed by atoms with E-state index in [0.29, 0.717) is 0 Å². The van der Waals surface area contributed by atoms with E-state index in [9.17, 15) is 9.59 Å². The molecule has 0 aliphatic rings. The first kappa shape index (κ1) is 11.1. The molecule has 0 fully saturated rings. The van der Waals surface area contributed by atoms with Crippen LogP contribution in [0.4, 0.5) is 0 Å². The highest BCUT2D eigenvalue weighted by molar-refractivity contribution is 5.85. The van der Waals surface area contributed by atoms with Crippen LogP contribution >= 0.6 is 0 Å². The lowest BCUT2D eigenvalue weighted by molar-refractivity contribution is -0.127. The number of ketones is 1. The molecule has 0 spiro atoms. The lowest BCUT2D eigenvalue weighted by Crippen LogP contribution is -2.32. The molecule has 1 N–H and O–H groups in total. The SMILES string of the molecule is CCCC(C)C(=O)NCC(C)=O. The molecule has 0 radical (unpaired) electrons. The van der Waals surface area contributed by atoms with E-state index >= 15 is 0 Å². The van der Waals surface area contributed by atoms with Gasteiger partial charge in [-0.2, -0.15) is 0 Å². The molecule has 0 aliphatic carbocycles. The van der Waals surface area contributed by atoms with Gasteiger partial charge < -0.3 is 5.32 Å². The Morgan fingerprint density at radius 1 is 1.42 bits per heavy atom. The monoisotopic (exact) mass is 171 g/mol. The third-order valence-corrected chi connectivity index (χ3v) is 1.68. The molecule has 0 aromatic carbocycles. The topological polar surface area (TPSA) is 46.2 Å². The average Bonchev–Trinajstić information content (AvgIpc) is 2.00. The zero-order valence-electron chi connectivity index (χ0n) is 8.02. The second-order valence-corrected chi connectivity index (χ2v) is 3.11. The van der Waals surface area contributed by atoms with Gasteiger partial charge in [-0.15, -0.1) is 0 Å². The number of hydrogen-bond acceptors (Lipinski definition) is 2. The molecule has 0 saturated carbocycles. The molecule has 0 aromatic rings. The smallest absolute Gasteiger partial charge is 0.223 e. The summed E-state index contributed by atoms with van der Waals surface area (Å²) in [7, 11) is 0. The van der Waals surface area contributed by atoms with Gasteiger partial charge in [-0.25, -0.2) is 0 Å². The lowest BCUT2D eigenvalue weighted by atomic mass is 10.1. The third-order valence-electron chi connectivity index (χ3n) is 1.68. The van der Waals surface area contributed by atoms with Crippen LogP contribution in [0.2, 0.25) is 0 Å². The minimum absolute atomic E-state index is 0.00736. The van der Waals surface area contributed by atoms with Gasteiger partial charge in [0, 0.05) is 5.92 Å². The minimum atomic E-state index is -0.0212. The van der Waals surface area contributed by atoms with Crippen molar-refractivity contribution in [1.29, 1.82) is 0 Å². The van der Waals surface area contributed by atoms with Crippen molar-refractivity contribution in [1.82, 2.24) is 5.32 Å². The molecule has 3 nitrogen and oxygen atoms in total. The van der Waals surface area contributed by atoms with Gasteiger partial charge in [-0.05, 0) is 13.3 Å². The third kappa shape index (κ3) is 4.88. The number of carbonyl (C=O) groups excluding carboxylic acids is 2. The molecule has 0 aromatic heterocycles. The summed E-state index contributed by atoms with van der Waals surface area (Å²) in [4.78, 5) is 21.7. The molecule has 0 rings (SSSR count). The van der Waals surface area contributed by atoms with Crippen molar-refractivity contribution >= 4 is 11.7 Å². The minimum Gasteiger partial charge on any atom is -0.349 e. The maximum Gasteiger partial charge on any atom is 0.223 e. The van der Waals surface area contributed by atoms with Gasteiger partial charge in [0.25, 0.3) is 0 Å². The molecule has 0 saturated heterocycles. The summed E-state index contributed by atoms with van der Waals surface area (Å²) in [6, 6.07) is 0. The Hall–Kier alpha value is -0.860. The van der Waals surface area contributed by atoms with Crippen molar-refractivity contribution in [3.05, 3.63) is 0 Å². The molecular weight excluding hydrogens is 154 g/mol. The van der Waals surface area contributed by atoms with Gasteiger partial charge in [-0.3, -0.25) is 9.59 Å². The Kier molecular flexibility index (Phi) is 5.34. The fourth-order valence-corrected chi connectivity index (χ4v) is 0.950. The first-order chi connectivity index (χ1) is 5.57. The van der Waals surface area contributed by atoms with Crippen molar-refractivity contribution in [3.63, 3.8) is 0 Å². The van der Waals surface area contributed by atoms with E-state index < -0.39 is 0 Å². The summed E-state index contributed by atoms with van der Waals surface area (Å²) < 4.78 is 0. The summed E-state index contributed by atoms with van der Waals surface area (Å²) in [5.41, 5.74) is 0. The second-order valence-electron chi connectivity index (χ2n) is 3.11. The van der Waals surface area contributed by atoms with Gasteiger partial charge in [0.1, 0.15) is 5.78 Å². The number of hydrogen-bond donors (Lipinski definition) is 1. The maximum absolute atomic E-state index is 11.2. The van der Waals surface area contributed by atoms with Crippen LogP contribution in [0.25, 0.3) is 0 Å². The van der Waals surface area contributed by atoms with Crippen molar-refractivity contribution in [2.75, 3.05) is 6.54 Å². The molecule has 70 valence electrons. The predicted molar refractivity (Wildman–Crippen MR) is 47.8 cm³/mol. The summed E-state index contributed by atoms with van der Waals surface area (Å²) in [6.45, 7) is 5.53. The van der Waals surface area contributed by atoms with Gasteiger partial charge in [0.15, 0.2) is 0 Å². The summed E-state index contributed by atoms with van der Waals surface area (Å²) in [5, 5.41) is 2.58. The quantitative estimate of drug-likeness (QED) is 0.674. The molecule has 0 bridgehead atoms. The van der Waals surface area contributed by atoms with Gasteiger partial charge in [0.2, 0.25) is 5.91 Å². The molecule has 3 heteroatoms. The van der Waals surface area contributed by atoms with E-state index in [1.165, 1.54) is 6.92 Å². The van der Waals surface area contributed by atoms with E-state index in [2.05, 4.69) is 5.32 Å². The van der Waals surface area contributed by atoms with Crippen LogP contribution in [0, 0.1) is 5.92 Å². The fourth-order valence-electron chi connectivity index (χ4n) is 0.950. The standard InChI is InChI=1S/C9H17NO2/c1-4-5-7(2)9(12)10-6-8(3)11/h7H,4-6H2,1-3H3,(H,10,12). The average molecular weight is 171 g/mol. The Morgan fingerprint density at radius 3 is 2.42 bits per heavy atom. The van der Waals surface area contributed by atoms with Crippen LogP contribution < -0.4 is 5.32 Å². The Labute approximate surface area is 73.5 Å². The highest BCUT2D eigenvalue weighted by Gasteiger charge is 2.10. The lowest BCUT2D eigenvalue weighted by Gasteiger charge is -2.09. The van der Waals surface area contributed by atoms with E-state index in [0.717, 1.165) is 12.8 Å². The highest BCUT2D eigenvalue weighted by atomic mass is 16.2. The van der Waals surface area contributed by atoms with E-state index in [1.54, 1.807) is 0 Å². The first-order valence-corrected chi connectivity index (χ1v) is 4.35. The van der Waals surface area contributed by atoms with Crippen molar-refractivity contribution in [2.24, 2.45) is 5.92 Å². The molecule has 12 heavy (non-hydrogen) atoms. The highest BCUT2D eigenvalue weighted by Crippen LogP contribution is 2.03. The first-order valence-electron chi connectivity index (χ1n) is 4.35. The molecule has 1 unspecified atom stereocenters. The van der Waals surface area contributed by atoms with E-state index in [1.807, 2.05) is 13.8 Å². The second kappa shape index (κ2) is 5.75. The van der Waals surface area contributed by atoms with Crippen LogP contribution in [0.3, 0.4) is 0 Å². The largest absolute Gasteiger partial charge is 0.349 e. The Morgan fingerprint density at radius 2 is 2.00 bits per heavy atom. The maximum atomic E-state index is 11.2. The summed E-state index contributed by atoms with van der Waals surface area (Å²) in [5.74, 6) is -0.00607. The number of nitrogens with one attached hydrogen (secondary N) is 1. The van der Waals surface area contributed by atoms with Crippen LogP contribution in [0.1, 0.15) is 33.6 Å². The molecule has 0 aliphatic heterocycles. The zero-order valence-corrected chi connectivity index (χ0v) is 8.02. The zero-order chi connectivity index (χ0) is 9.56. The summed E-state index contributed by atoms with van der Waals surface area (Å²) in [6.07, 6.45) is 1.87. The van der Waals surface area contributed by atoms with Crippen LogP contribution in [0.5, 0.6) is 0 Å². The van der Waals surface area contributed by atoms with Crippen LogP contribution in [-0.4, -0.2) is 18.2 Å². The van der Waals surface area contributed by atoms with Crippen LogP contribution in [-0.2, 0) is 9.59 Å². The molecular formula is C9H17NO2. The van der Waals surface area contributed by atoms with Crippen molar-refractivity contribution in [2.45, 2.75) is 33.6 Å². The van der Waals surface area contributed by atoms with Gasteiger partial charge >= 0.3 is 0 Å². The molecule has 1 atom stereocenters. The fraction of sp³-hybridized carbons (Fsp3) is 0.778. The molecule has 1 amide bonds. The Bertz CT molecular complexity index is 166. The van der Waals surface area contributed by atoms with Gasteiger partial charge in [-0.1, -0.05) is 20.3 Å². The molecule has 0 heterocycles. The number of carbonyl (C=O) groups is 2. The Balaban J connectivity index is 3.64. The summed E-state index contributed by atoms with van der Waals surface area (Å²) >= 11 is 0. The number of Topliss-reactive ketones (excluding diaryl/α,β-unsaturated/α-hetero) is 1. The predicted octanol–water partition coefficient (Wildman–Crippen LogP) is 1.13. The van der Waals surface area contributed by atoms with Crippen LogP contribution in [0.15, 0.2) is 0 Å². The number of amides is 1.